The zero-order valence-electron chi connectivity index (χ0n) is 9.56. The molecule has 0 unspecified atom stereocenters. The van der Waals surface area contributed by atoms with Crippen LogP contribution in [0.5, 0.6) is 0 Å². The van der Waals surface area contributed by atoms with Crippen molar-refractivity contribution in [2.45, 2.75) is 0 Å². The van der Waals surface area contributed by atoms with Crippen LogP contribution in [0.25, 0.3) is 0 Å². The monoisotopic (exact) mass is 354 g/mol. The molecule has 0 aliphatic rings. The molecule has 1 N–H and O–H groups in total. The first kappa shape index (κ1) is 15.4. The van der Waals surface area contributed by atoms with Crippen molar-refractivity contribution in [1.82, 2.24) is 4.31 Å². The lowest BCUT2D eigenvalue weighted by Gasteiger charge is -2.15. The Morgan fingerprint density at radius 2 is 2.06 bits per heavy atom. The van der Waals surface area contributed by atoms with Gasteiger partial charge in [0.25, 0.3) is 0 Å². The molecule has 0 saturated heterocycles. The molecule has 1 amide bonds. The minimum absolute atomic E-state index is 0.226. The van der Waals surface area contributed by atoms with Crippen LogP contribution in [-0.4, -0.2) is 36.9 Å². The molecule has 18 heavy (non-hydrogen) atoms. The summed E-state index contributed by atoms with van der Waals surface area (Å²) in [6, 6.07) is 6.73. The smallest absolute Gasteiger partial charge is 0.239 e. The number of halogens is 2. The third-order valence-corrected chi connectivity index (χ3v) is 5.55. The lowest BCUT2D eigenvalue weighted by atomic mass is 10.3. The number of alkyl halides is 1. The zero-order chi connectivity index (χ0) is 13.8. The van der Waals surface area contributed by atoms with Crippen LogP contribution >= 0.6 is 27.5 Å². The number of benzene rings is 1. The van der Waals surface area contributed by atoms with Gasteiger partial charge < -0.3 is 5.32 Å². The number of hydrogen-bond donors (Lipinski definition) is 1. The standard InChI is InChI=1S/C10H12BrClN2O3S/c1-14(18(16,17)7-11)6-10(15)13-9-5-3-2-4-8(9)12/h2-5H,6-7H2,1H3,(H,13,15). The summed E-state index contributed by atoms with van der Waals surface area (Å²) in [5, 5.41) is 2.94. The average molecular weight is 356 g/mol. The zero-order valence-corrected chi connectivity index (χ0v) is 12.7. The Labute approximate surface area is 119 Å². The fourth-order valence-electron chi connectivity index (χ4n) is 1.14. The number of hydrogen-bond acceptors (Lipinski definition) is 3. The summed E-state index contributed by atoms with van der Waals surface area (Å²) in [7, 11) is -2.10. The molecular weight excluding hydrogens is 344 g/mol. The van der Waals surface area contributed by atoms with Crippen molar-refractivity contribution in [2.75, 3.05) is 23.6 Å². The molecule has 0 heterocycles. The van der Waals surface area contributed by atoms with E-state index in [1.165, 1.54) is 7.05 Å². The van der Waals surface area contributed by atoms with Gasteiger partial charge in [0, 0.05) is 7.05 Å². The van der Waals surface area contributed by atoms with Gasteiger partial charge in [-0.3, -0.25) is 4.79 Å². The van der Waals surface area contributed by atoms with E-state index in [0.29, 0.717) is 10.7 Å². The molecule has 1 aromatic carbocycles. The quantitative estimate of drug-likeness (QED) is 0.820. The number of likely N-dealkylation sites (N-methyl/N-ethyl adjacent to an activating group) is 1. The minimum atomic E-state index is -3.44. The number of amides is 1. The molecule has 0 spiro atoms. The number of carbonyl (C=O) groups is 1. The number of anilines is 1. The summed E-state index contributed by atoms with van der Waals surface area (Å²) in [6.07, 6.45) is 0. The molecule has 8 heteroatoms. The predicted molar refractivity (Wildman–Crippen MR) is 75.4 cm³/mol. The van der Waals surface area contributed by atoms with Crippen LogP contribution in [0.15, 0.2) is 24.3 Å². The van der Waals surface area contributed by atoms with Gasteiger partial charge in [-0.25, -0.2) is 8.42 Å². The molecule has 0 bridgehead atoms. The summed E-state index contributed by atoms with van der Waals surface area (Å²) in [4.78, 5) is 11.6. The van der Waals surface area contributed by atoms with E-state index in [2.05, 4.69) is 21.2 Å². The van der Waals surface area contributed by atoms with Crippen molar-refractivity contribution in [3.05, 3.63) is 29.3 Å². The molecule has 0 radical (unpaired) electrons. The molecule has 0 aliphatic heterocycles. The molecule has 0 fully saturated rings. The Morgan fingerprint density at radius 3 is 2.61 bits per heavy atom. The molecule has 0 aromatic heterocycles. The van der Waals surface area contributed by atoms with Crippen LogP contribution in [0.2, 0.25) is 5.02 Å². The molecule has 0 atom stereocenters. The normalized spacial score (nSPS) is 11.6. The van der Waals surface area contributed by atoms with Crippen molar-refractivity contribution in [2.24, 2.45) is 0 Å². The van der Waals surface area contributed by atoms with Crippen molar-refractivity contribution in [1.29, 1.82) is 0 Å². The highest BCUT2D eigenvalue weighted by Gasteiger charge is 2.19. The van der Waals surface area contributed by atoms with Gasteiger partial charge in [-0.1, -0.05) is 39.7 Å². The van der Waals surface area contributed by atoms with Gasteiger partial charge in [0.05, 0.1) is 17.3 Å². The lowest BCUT2D eigenvalue weighted by Crippen LogP contribution is -2.35. The van der Waals surface area contributed by atoms with Crippen molar-refractivity contribution < 1.29 is 13.2 Å². The van der Waals surface area contributed by atoms with E-state index in [1.54, 1.807) is 24.3 Å². The third kappa shape index (κ3) is 4.24. The summed E-state index contributed by atoms with van der Waals surface area (Å²) in [5.74, 6) is -0.449. The second-order valence-corrected chi connectivity index (χ2v) is 7.29. The molecule has 0 saturated carbocycles. The number of sulfonamides is 1. The molecule has 5 nitrogen and oxygen atoms in total. The number of para-hydroxylation sites is 1. The topological polar surface area (TPSA) is 66.5 Å². The van der Waals surface area contributed by atoms with Crippen LogP contribution in [0.4, 0.5) is 5.69 Å². The Morgan fingerprint density at radius 1 is 1.44 bits per heavy atom. The van der Waals surface area contributed by atoms with Crippen LogP contribution in [0.1, 0.15) is 0 Å². The second-order valence-electron chi connectivity index (χ2n) is 3.51. The summed E-state index contributed by atoms with van der Waals surface area (Å²) in [6.45, 7) is -0.265. The van der Waals surface area contributed by atoms with Crippen molar-refractivity contribution >= 4 is 49.1 Å². The summed E-state index contributed by atoms with van der Waals surface area (Å²) >= 11 is 8.73. The highest BCUT2D eigenvalue weighted by Crippen LogP contribution is 2.20. The van der Waals surface area contributed by atoms with Crippen LogP contribution in [0, 0.1) is 0 Å². The number of nitrogens with zero attached hydrogens (tertiary/aromatic N) is 1. The molecule has 1 aromatic rings. The Balaban J connectivity index is 2.66. The van der Waals surface area contributed by atoms with E-state index in [-0.39, 0.29) is 11.2 Å². The van der Waals surface area contributed by atoms with Gasteiger partial charge in [0.2, 0.25) is 15.9 Å². The Kier molecular flexibility index (Phi) is 5.58. The van der Waals surface area contributed by atoms with Crippen LogP contribution in [-0.2, 0) is 14.8 Å². The number of rotatable bonds is 5. The fourth-order valence-corrected chi connectivity index (χ4v) is 2.85. The molecular formula is C10H12BrClN2O3S. The Bertz CT molecular complexity index is 536. The average Bonchev–Trinajstić information content (AvgIpc) is 2.32. The minimum Gasteiger partial charge on any atom is -0.324 e. The van der Waals surface area contributed by atoms with E-state index in [1.807, 2.05) is 0 Å². The summed E-state index contributed by atoms with van der Waals surface area (Å²) in [5.41, 5.74) is 0.453. The van der Waals surface area contributed by atoms with E-state index >= 15 is 0 Å². The van der Waals surface area contributed by atoms with Gasteiger partial charge in [-0.2, -0.15) is 4.31 Å². The van der Waals surface area contributed by atoms with E-state index in [9.17, 15) is 13.2 Å². The number of carbonyl (C=O) groups excluding carboxylic acids is 1. The first-order valence-electron chi connectivity index (χ1n) is 4.91. The van der Waals surface area contributed by atoms with Gasteiger partial charge in [-0.05, 0) is 12.1 Å². The van der Waals surface area contributed by atoms with Gasteiger partial charge in [0.15, 0.2) is 0 Å². The van der Waals surface area contributed by atoms with Gasteiger partial charge >= 0.3 is 0 Å². The highest BCUT2D eigenvalue weighted by atomic mass is 79.9. The van der Waals surface area contributed by atoms with E-state index < -0.39 is 15.9 Å². The third-order valence-electron chi connectivity index (χ3n) is 2.13. The molecule has 1 rings (SSSR count). The van der Waals surface area contributed by atoms with Gasteiger partial charge in [0.1, 0.15) is 4.66 Å². The largest absolute Gasteiger partial charge is 0.324 e. The maximum Gasteiger partial charge on any atom is 0.239 e. The first-order chi connectivity index (χ1) is 8.36. The lowest BCUT2D eigenvalue weighted by molar-refractivity contribution is -0.116. The SMILES string of the molecule is CN(CC(=O)Nc1ccccc1Cl)S(=O)(=O)CBr. The first-order valence-corrected chi connectivity index (χ1v) is 8.02. The maximum atomic E-state index is 11.6. The van der Waals surface area contributed by atoms with Crippen molar-refractivity contribution in [3.63, 3.8) is 0 Å². The van der Waals surface area contributed by atoms with E-state index in [0.717, 1.165) is 4.31 Å². The van der Waals surface area contributed by atoms with E-state index in [4.69, 9.17) is 11.6 Å². The molecule has 100 valence electrons. The second kappa shape index (κ2) is 6.51. The highest BCUT2D eigenvalue weighted by molar-refractivity contribution is 9.10. The Hall–Kier alpha value is -0.630. The molecule has 0 aliphatic carbocycles. The van der Waals surface area contributed by atoms with Crippen LogP contribution in [0.3, 0.4) is 0 Å². The van der Waals surface area contributed by atoms with Gasteiger partial charge in [-0.15, -0.1) is 0 Å². The van der Waals surface area contributed by atoms with Crippen LogP contribution < -0.4 is 5.32 Å². The maximum absolute atomic E-state index is 11.6. The van der Waals surface area contributed by atoms with Crippen molar-refractivity contribution in [3.8, 4) is 0 Å². The number of nitrogens with one attached hydrogen (secondary N) is 1. The predicted octanol–water partition coefficient (Wildman–Crippen LogP) is 1.89. The fraction of sp³-hybridized carbons (Fsp3) is 0.300. The summed E-state index contributed by atoms with van der Waals surface area (Å²) < 4.78 is 23.6.